The van der Waals surface area contributed by atoms with Gasteiger partial charge >= 0.3 is 5.97 Å². The first kappa shape index (κ1) is 15.2. The first-order valence-electron chi connectivity index (χ1n) is 5.72. The lowest BCUT2D eigenvalue weighted by Crippen LogP contribution is -2.40. The predicted molar refractivity (Wildman–Crippen MR) is 70.7 cm³/mol. The molecule has 0 fully saturated rings. The summed E-state index contributed by atoms with van der Waals surface area (Å²) in [5.41, 5.74) is 0. The Morgan fingerprint density at radius 2 is 2.05 bits per heavy atom. The summed E-state index contributed by atoms with van der Waals surface area (Å²) in [6.07, 6.45) is 0.0116. The molecule has 3 N–H and O–H groups in total. The summed E-state index contributed by atoms with van der Waals surface area (Å²) in [5, 5.41) is 15.6. The van der Waals surface area contributed by atoms with Crippen molar-refractivity contribution >= 4 is 29.1 Å². The smallest absolute Gasteiger partial charge is 0.325 e. The number of aliphatic carboxylic acids is 1. The van der Waals surface area contributed by atoms with Crippen LogP contribution in [-0.2, 0) is 14.4 Å². The van der Waals surface area contributed by atoms with Crippen LogP contribution in [0.4, 0.5) is 0 Å². The quantitative estimate of drug-likeness (QED) is 0.723. The largest absolute Gasteiger partial charge is 0.480 e. The number of hydrogen-bond acceptors (Lipinski definition) is 4. The van der Waals surface area contributed by atoms with Gasteiger partial charge in [-0.3, -0.25) is 14.4 Å². The molecule has 0 aliphatic heterocycles. The third-order valence-electron chi connectivity index (χ3n) is 2.40. The lowest BCUT2D eigenvalue weighted by molar-refractivity contribution is -0.141. The highest BCUT2D eigenvalue weighted by Crippen LogP contribution is 2.21. The molecule has 0 aliphatic carbocycles. The average molecular weight is 284 g/mol. The van der Waals surface area contributed by atoms with Crippen molar-refractivity contribution in [2.45, 2.75) is 32.4 Å². The van der Waals surface area contributed by atoms with Gasteiger partial charge in [-0.15, -0.1) is 11.3 Å². The van der Waals surface area contributed by atoms with Gasteiger partial charge in [-0.1, -0.05) is 6.07 Å². The van der Waals surface area contributed by atoms with Gasteiger partial charge in [0.25, 0.3) is 0 Å². The standard InChI is InChI=1S/C12H16N2O4S/c1-7(12(17)18)13-11(16)6-9(14-8(2)15)10-4-3-5-19-10/h3-5,7,9H,6H2,1-2H3,(H,13,16)(H,14,15)(H,17,18)/t7-,9?/m1/s1. The zero-order valence-electron chi connectivity index (χ0n) is 10.7. The van der Waals surface area contributed by atoms with Gasteiger partial charge in [-0.2, -0.15) is 0 Å². The van der Waals surface area contributed by atoms with Gasteiger partial charge in [0.1, 0.15) is 6.04 Å². The van der Waals surface area contributed by atoms with Gasteiger partial charge < -0.3 is 15.7 Å². The molecule has 19 heavy (non-hydrogen) atoms. The minimum atomic E-state index is -1.10. The molecule has 2 amide bonds. The van der Waals surface area contributed by atoms with E-state index in [-0.39, 0.29) is 12.3 Å². The number of carbonyl (C=O) groups is 3. The van der Waals surface area contributed by atoms with Crippen LogP contribution in [0.15, 0.2) is 17.5 Å². The first-order chi connectivity index (χ1) is 8.90. The number of rotatable bonds is 6. The predicted octanol–water partition coefficient (Wildman–Crippen LogP) is 0.905. The van der Waals surface area contributed by atoms with Crippen molar-refractivity contribution in [3.63, 3.8) is 0 Å². The average Bonchev–Trinajstić information content (AvgIpc) is 2.80. The molecule has 1 heterocycles. The Kier molecular flexibility index (Phi) is 5.50. The van der Waals surface area contributed by atoms with E-state index in [1.165, 1.54) is 25.2 Å². The normalized spacial score (nSPS) is 13.4. The number of amides is 2. The first-order valence-corrected chi connectivity index (χ1v) is 6.60. The van der Waals surface area contributed by atoms with Crippen molar-refractivity contribution in [2.24, 2.45) is 0 Å². The van der Waals surface area contributed by atoms with Crippen molar-refractivity contribution in [1.29, 1.82) is 0 Å². The second-order valence-corrected chi connectivity index (χ2v) is 5.08. The SMILES string of the molecule is CC(=O)NC(CC(=O)N[C@H](C)C(=O)O)c1cccs1. The number of hydrogen-bond donors (Lipinski definition) is 3. The van der Waals surface area contributed by atoms with E-state index in [0.29, 0.717) is 0 Å². The molecule has 6 nitrogen and oxygen atoms in total. The molecule has 0 aliphatic rings. The summed E-state index contributed by atoms with van der Waals surface area (Å²) >= 11 is 1.43. The molecule has 2 atom stereocenters. The molecular formula is C12H16N2O4S. The summed E-state index contributed by atoms with van der Waals surface area (Å²) in [6.45, 7) is 2.76. The van der Waals surface area contributed by atoms with E-state index in [1.54, 1.807) is 0 Å². The van der Waals surface area contributed by atoms with Crippen LogP contribution in [0.1, 0.15) is 31.2 Å². The zero-order chi connectivity index (χ0) is 14.4. The lowest BCUT2D eigenvalue weighted by Gasteiger charge is -2.17. The Balaban J connectivity index is 2.65. The topological polar surface area (TPSA) is 95.5 Å². The maximum absolute atomic E-state index is 11.7. The molecule has 0 saturated carbocycles. The third kappa shape index (κ3) is 5.09. The maximum atomic E-state index is 11.7. The van der Waals surface area contributed by atoms with Crippen LogP contribution >= 0.6 is 11.3 Å². The molecule has 1 unspecified atom stereocenters. The Hall–Kier alpha value is -1.89. The molecule has 0 bridgehead atoms. The molecule has 1 aromatic rings. The van der Waals surface area contributed by atoms with Crippen molar-refractivity contribution in [3.8, 4) is 0 Å². The molecule has 0 radical (unpaired) electrons. The molecule has 1 rings (SSSR count). The van der Waals surface area contributed by atoms with Crippen LogP contribution < -0.4 is 10.6 Å². The zero-order valence-corrected chi connectivity index (χ0v) is 11.5. The second kappa shape index (κ2) is 6.89. The van der Waals surface area contributed by atoms with Crippen LogP contribution in [0.5, 0.6) is 0 Å². The Morgan fingerprint density at radius 3 is 2.53 bits per heavy atom. The van der Waals surface area contributed by atoms with Crippen LogP contribution in [0, 0.1) is 0 Å². The number of thiophene rings is 1. The summed E-state index contributed by atoms with van der Waals surface area (Å²) in [5.74, 6) is -1.75. The van der Waals surface area contributed by atoms with Gasteiger partial charge in [0, 0.05) is 11.8 Å². The van der Waals surface area contributed by atoms with Crippen LogP contribution in [0.3, 0.4) is 0 Å². The monoisotopic (exact) mass is 284 g/mol. The minimum absolute atomic E-state index is 0.0116. The van der Waals surface area contributed by atoms with E-state index in [0.717, 1.165) is 4.88 Å². The highest BCUT2D eigenvalue weighted by atomic mass is 32.1. The van der Waals surface area contributed by atoms with Crippen LogP contribution in [-0.4, -0.2) is 28.9 Å². The van der Waals surface area contributed by atoms with E-state index in [9.17, 15) is 14.4 Å². The maximum Gasteiger partial charge on any atom is 0.325 e. The number of carbonyl (C=O) groups excluding carboxylic acids is 2. The van der Waals surface area contributed by atoms with Crippen molar-refractivity contribution < 1.29 is 19.5 Å². The Bertz CT molecular complexity index is 458. The van der Waals surface area contributed by atoms with Gasteiger partial charge in [-0.25, -0.2) is 0 Å². The molecule has 0 aromatic carbocycles. The van der Waals surface area contributed by atoms with E-state index in [1.807, 2.05) is 17.5 Å². The molecule has 7 heteroatoms. The van der Waals surface area contributed by atoms with Gasteiger partial charge in [0.2, 0.25) is 11.8 Å². The van der Waals surface area contributed by atoms with Gasteiger partial charge in [0.05, 0.1) is 12.5 Å². The fourth-order valence-electron chi connectivity index (χ4n) is 1.51. The van der Waals surface area contributed by atoms with E-state index in [4.69, 9.17) is 5.11 Å². The van der Waals surface area contributed by atoms with E-state index in [2.05, 4.69) is 10.6 Å². The summed E-state index contributed by atoms with van der Waals surface area (Å²) in [4.78, 5) is 34.4. The van der Waals surface area contributed by atoms with Crippen molar-refractivity contribution in [1.82, 2.24) is 10.6 Å². The summed E-state index contributed by atoms with van der Waals surface area (Å²) < 4.78 is 0. The molecule has 0 saturated heterocycles. The fourth-order valence-corrected chi connectivity index (χ4v) is 2.28. The number of carboxylic acid groups (broad SMARTS) is 1. The van der Waals surface area contributed by atoms with Crippen LogP contribution in [0.25, 0.3) is 0 Å². The molecule has 104 valence electrons. The number of nitrogens with one attached hydrogen (secondary N) is 2. The summed E-state index contributed by atoms with van der Waals surface area (Å²) in [7, 11) is 0. The Morgan fingerprint density at radius 1 is 1.37 bits per heavy atom. The fraction of sp³-hybridized carbons (Fsp3) is 0.417. The van der Waals surface area contributed by atoms with E-state index < -0.39 is 24.0 Å². The van der Waals surface area contributed by atoms with E-state index >= 15 is 0 Å². The molecular weight excluding hydrogens is 268 g/mol. The van der Waals surface area contributed by atoms with Gasteiger partial charge in [-0.05, 0) is 18.4 Å². The molecule has 1 aromatic heterocycles. The minimum Gasteiger partial charge on any atom is -0.480 e. The third-order valence-corrected chi connectivity index (χ3v) is 3.39. The number of carboxylic acids is 1. The van der Waals surface area contributed by atoms with Crippen molar-refractivity contribution in [2.75, 3.05) is 0 Å². The van der Waals surface area contributed by atoms with Crippen molar-refractivity contribution in [3.05, 3.63) is 22.4 Å². The summed E-state index contributed by atoms with van der Waals surface area (Å²) in [6, 6.07) is 2.26. The second-order valence-electron chi connectivity index (χ2n) is 4.10. The molecule has 0 spiro atoms. The highest BCUT2D eigenvalue weighted by molar-refractivity contribution is 7.10. The van der Waals surface area contributed by atoms with Gasteiger partial charge in [0.15, 0.2) is 0 Å². The highest BCUT2D eigenvalue weighted by Gasteiger charge is 2.20. The van der Waals surface area contributed by atoms with Crippen LogP contribution in [0.2, 0.25) is 0 Å². The lowest BCUT2D eigenvalue weighted by atomic mass is 10.1. The Labute approximate surface area is 114 Å².